The maximum atomic E-state index is 9.47. The molecule has 0 aliphatic heterocycles. The van der Waals surface area contributed by atoms with Crippen LogP contribution in [0.2, 0.25) is 4.34 Å². The molecule has 1 aliphatic carbocycles. The highest BCUT2D eigenvalue weighted by molar-refractivity contribution is 7.16. The van der Waals surface area contributed by atoms with Crippen molar-refractivity contribution in [2.24, 2.45) is 0 Å². The van der Waals surface area contributed by atoms with Gasteiger partial charge >= 0.3 is 0 Å². The van der Waals surface area contributed by atoms with Crippen molar-refractivity contribution in [3.63, 3.8) is 0 Å². The predicted octanol–water partition coefficient (Wildman–Crippen LogP) is 3.14. The summed E-state index contributed by atoms with van der Waals surface area (Å²) in [5.74, 6) is 0. The Kier molecular flexibility index (Phi) is 4.25. The molecular weight excluding hydrogens is 242 g/mol. The molecule has 16 heavy (non-hydrogen) atoms. The summed E-state index contributed by atoms with van der Waals surface area (Å²) in [5.41, 5.74) is 0. The Balaban J connectivity index is 1.85. The van der Waals surface area contributed by atoms with E-state index in [1.165, 1.54) is 4.88 Å². The second-order valence-corrected chi connectivity index (χ2v) is 6.38. The number of nitrogens with zero attached hydrogens (tertiary/aromatic N) is 1. The van der Waals surface area contributed by atoms with Crippen molar-refractivity contribution in [1.82, 2.24) is 4.90 Å². The first kappa shape index (κ1) is 12.4. The van der Waals surface area contributed by atoms with Crippen LogP contribution in [0.4, 0.5) is 0 Å². The number of thiophene rings is 1. The van der Waals surface area contributed by atoms with Gasteiger partial charge in [-0.05, 0) is 44.9 Å². The van der Waals surface area contributed by atoms with E-state index in [-0.39, 0.29) is 6.10 Å². The summed E-state index contributed by atoms with van der Waals surface area (Å²) in [6, 6.07) is 4.67. The van der Waals surface area contributed by atoms with Gasteiger partial charge in [-0.3, -0.25) is 4.90 Å². The second kappa shape index (κ2) is 5.50. The second-order valence-electron chi connectivity index (χ2n) is 4.58. The quantitative estimate of drug-likeness (QED) is 0.902. The lowest BCUT2D eigenvalue weighted by Crippen LogP contribution is -2.35. The van der Waals surface area contributed by atoms with E-state index in [2.05, 4.69) is 18.0 Å². The van der Waals surface area contributed by atoms with E-state index in [4.69, 9.17) is 11.6 Å². The molecule has 1 heterocycles. The smallest absolute Gasteiger partial charge is 0.0931 e. The molecule has 0 amide bonds. The minimum Gasteiger partial charge on any atom is -0.393 e. The van der Waals surface area contributed by atoms with Crippen molar-refractivity contribution in [3.05, 3.63) is 21.3 Å². The summed E-state index contributed by atoms with van der Waals surface area (Å²) in [7, 11) is 2.16. The van der Waals surface area contributed by atoms with Crippen LogP contribution in [0.15, 0.2) is 12.1 Å². The SMILES string of the molecule is CN(Cc1ccc(Cl)s1)C1CCC(O)CC1. The molecule has 1 N–H and O–H groups in total. The van der Waals surface area contributed by atoms with Crippen LogP contribution in [-0.2, 0) is 6.54 Å². The Labute approximate surface area is 106 Å². The maximum Gasteiger partial charge on any atom is 0.0931 e. The number of rotatable bonds is 3. The molecule has 0 atom stereocenters. The average Bonchev–Trinajstić information content (AvgIpc) is 2.65. The van der Waals surface area contributed by atoms with Crippen LogP contribution in [0.5, 0.6) is 0 Å². The highest BCUT2D eigenvalue weighted by Gasteiger charge is 2.22. The molecule has 1 saturated carbocycles. The minimum atomic E-state index is -0.0687. The monoisotopic (exact) mass is 259 g/mol. The molecule has 0 spiro atoms. The highest BCUT2D eigenvalue weighted by Crippen LogP contribution is 2.26. The van der Waals surface area contributed by atoms with Gasteiger partial charge in [-0.15, -0.1) is 11.3 Å². The van der Waals surface area contributed by atoms with Crippen LogP contribution in [0, 0.1) is 0 Å². The largest absolute Gasteiger partial charge is 0.393 e. The van der Waals surface area contributed by atoms with Gasteiger partial charge in [0.2, 0.25) is 0 Å². The summed E-state index contributed by atoms with van der Waals surface area (Å²) in [6.45, 7) is 0.970. The van der Waals surface area contributed by atoms with Crippen LogP contribution in [0.3, 0.4) is 0 Å². The third-order valence-electron chi connectivity index (χ3n) is 3.32. The number of hydrogen-bond donors (Lipinski definition) is 1. The first-order chi connectivity index (χ1) is 7.65. The maximum absolute atomic E-state index is 9.47. The molecule has 0 saturated heterocycles. The molecule has 2 nitrogen and oxygen atoms in total. The number of aliphatic hydroxyl groups is 1. The third-order valence-corrected chi connectivity index (χ3v) is 4.54. The van der Waals surface area contributed by atoms with Gasteiger partial charge in [-0.25, -0.2) is 0 Å². The fourth-order valence-electron chi connectivity index (χ4n) is 2.31. The van der Waals surface area contributed by atoms with E-state index >= 15 is 0 Å². The summed E-state index contributed by atoms with van der Waals surface area (Å²) >= 11 is 7.57. The lowest BCUT2D eigenvalue weighted by molar-refractivity contribution is 0.0821. The van der Waals surface area contributed by atoms with E-state index in [0.717, 1.165) is 36.6 Å². The molecule has 1 fully saturated rings. The van der Waals surface area contributed by atoms with Crippen molar-refractivity contribution in [2.75, 3.05) is 7.05 Å². The van der Waals surface area contributed by atoms with Crippen LogP contribution in [-0.4, -0.2) is 29.2 Å². The summed E-state index contributed by atoms with van der Waals surface area (Å²) in [5, 5.41) is 9.47. The zero-order chi connectivity index (χ0) is 11.5. The van der Waals surface area contributed by atoms with Gasteiger partial charge in [-0.1, -0.05) is 11.6 Å². The molecule has 2 rings (SSSR count). The molecule has 0 aromatic carbocycles. The molecule has 4 heteroatoms. The summed E-state index contributed by atoms with van der Waals surface area (Å²) in [4.78, 5) is 3.70. The molecular formula is C12H18ClNOS. The zero-order valence-electron chi connectivity index (χ0n) is 9.53. The van der Waals surface area contributed by atoms with E-state index < -0.39 is 0 Å². The number of hydrogen-bond acceptors (Lipinski definition) is 3. The van der Waals surface area contributed by atoms with Crippen molar-refractivity contribution >= 4 is 22.9 Å². The van der Waals surface area contributed by atoms with Gasteiger partial charge < -0.3 is 5.11 Å². The lowest BCUT2D eigenvalue weighted by Gasteiger charge is -2.32. The lowest BCUT2D eigenvalue weighted by atomic mass is 9.92. The van der Waals surface area contributed by atoms with Gasteiger partial charge in [-0.2, -0.15) is 0 Å². The van der Waals surface area contributed by atoms with Crippen molar-refractivity contribution in [1.29, 1.82) is 0 Å². The molecule has 0 bridgehead atoms. The zero-order valence-corrected chi connectivity index (χ0v) is 11.1. The molecule has 0 unspecified atom stereocenters. The Morgan fingerprint density at radius 2 is 2.06 bits per heavy atom. The Bertz CT molecular complexity index is 334. The molecule has 0 radical (unpaired) electrons. The first-order valence-electron chi connectivity index (χ1n) is 5.77. The Morgan fingerprint density at radius 1 is 1.38 bits per heavy atom. The van der Waals surface area contributed by atoms with Crippen LogP contribution >= 0.6 is 22.9 Å². The Morgan fingerprint density at radius 3 is 2.62 bits per heavy atom. The van der Waals surface area contributed by atoms with E-state index in [0.29, 0.717) is 6.04 Å². The topological polar surface area (TPSA) is 23.5 Å². The Hall–Kier alpha value is -0.0900. The van der Waals surface area contributed by atoms with Gasteiger partial charge in [0.1, 0.15) is 0 Å². The number of aliphatic hydroxyl groups excluding tert-OH is 1. The van der Waals surface area contributed by atoms with Gasteiger partial charge in [0.25, 0.3) is 0 Å². The predicted molar refractivity (Wildman–Crippen MR) is 69.1 cm³/mol. The molecule has 1 aromatic heterocycles. The van der Waals surface area contributed by atoms with Crippen LogP contribution in [0.1, 0.15) is 30.6 Å². The normalized spacial score (nSPS) is 26.2. The summed E-state index contributed by atoms with van der Waals surface area (Å²) < 4.78 is 0.863. The van der Waals surface area contributed by atoms with Crippen molar-refractivity contribution in [3.8, 4) is 0 Å². The molecule has 1 aromatic rings. The first-order valence-corrected chi connectivity index (χ1v) is 6.97. The van der Waals surface area contributed by atoms with Crippen LogP contribution < -0.4 is 0 Å². The average molecular weight is 260 g/mol. The van der Waals surface area contributed by atoms with Gasteiger partial charge in [0.15, 0.2) is 0 Å². The fourth-order valence-corrected chi connectivity index (χ4v) is 3.46. The third kappa shape index (κ3) is 3.20. The minimum absolute atomic E-state index is 0.0687. The number of halogens is 1. The van der Waals surface area contributed by atoms with Gasteiger partial charge in [0, 0.05) is 17.5 Å². The van der Waals surface area contributed by atoms with Crippen molar-refractivity contribution in [2.45, 2.75) is 44.4 Å². The standard InChI is InChI=1S/C12H18ClNOS/c1-14(8-11-6-7-12(13)16-11)9-2-4-10(15)5-3-9/h6-7,9-10,15H,2-5,8H2,1H3. The van der Waals surface area contributed by atoms with Gasteiger partial charge in [0.05, 0.1) is 10.4 Å². The fraction of sp³-hybridized carbons (Fsp3) is 0.667. The van der Waals surface area contributed by atoms with E-state index in [1.807, 2.05) is 6.07 Å². The highest BCUT2D eigenvalue weighted by atomic mass is 35.5. The van der Waals surface area contributed by atoms with E-state index in [9.17, 15) is 5.11 Å². The van der Waals surface area contributed by atoms with Crippen molar-refractivity contribution < 1.29 is 5.11 Å². The van der Waals surface area contributed by atoms with E-state index in [1.54, 1.807) is 11.3 Å². The van der Waals surface area contributed by atoms with Crippen LogP contribution in [0.25, 0.3) is 0 Å². The summed E-state index contributed by atoms with van der Waals surface area (Å²) in [6.07, 6.45) is 4.04. The molecule has 90 valence electrons. The molecule has 1 aliphatic rings.